The van der Waals surface area contributed by atoms with E-state index in [-0.39, 0.29) is 10.2 Å². The van der Waals surface area contributed by atoms with Gasteiger partial charge < -0.3 is 17.1 Å². The molecule has 0 unspecified atom stereocenters. The molecule has 9 heteroatoms. The zero-order valence-corrected chi connectivity index (χ0v) is 19.6. The van der Waals surface area contributed by atoms with Crippen molar-refractivity contribution in [3.8, 4) is 0 Å². The molecule has 0 rings (SSSR count). The number of rotatable bonds is 11. The van der Waals surface area contributed by atoms with Crippen molar-refractivity contribution in [1.29, 1.82) is 0 Å². The van der Waals surface area contributed by atoms with Crippen LogP contribution in [-0.2, 0) is 21.9 Å². The van der Waals surface area contributed by atoms with Crippen LogP contribution in [0.25, 0.3) is 0 Å². The van der Waals surface area contributed by atoms with Crippen molar-refractivity contribution in [3.63, 3.8) is 0 Å². The SMILES string of the molecule is C=C(C)C(=O)OCCC[Si](O[SiH](C)C)(O[SiH](C)C)O[SiH](C)C.[H+].[H+].[H+]. The van der Waals surface area contributed by atoms with E-state index in [0.29, 0.717) is 18.6 Å². The number of esters is 1. The van der Waals surface area contributed by atoms with E-state index in [4.69, 9.17) is 17.1 Å². The predicted molar refractivity (Wildman–Crippen MR) is 104 cm³/mol. The average Bonchev–Trinajstić information content (AvgIpc) is 2.31. The molecule has 0 aliphatic heterocycles. The van der Waals surface area contributed by atoms with Crippen molar-refractivity contribution in [1.82, 2.24) is 0 Å². The number of hydrogen-bond acceptors (Lipinski definition) is 5. The predicted octanol–water partition coefficient (Wildman–Crippen LogP) is 2.77. The van der Waals surface area contributed by atoms with Crippen molar-refractivity contribution < 1.29 is 26.2 Å². The van der Waals surface area contributed by atoms with E-state index in [0.717, 1.165) is 6.04 Å². The monoisotopic (exact) mass is 383 g/mol. The van der Waals surface area contributed by atoms with Crippen LogP contribution in [0.3, 0.4) is 0 Å². The van der Waals surface area contributed by atoms with Gasteiger partial charge in [0.15, 0.2) is 27.1 Å². The second kappa shape index (κ2) is 10.7. The van der Waals surface area contributed by atoms with Crippen molar-refractivity contribution in [2.45, 2.75) is 58.7 Å². The van der Waals surface area contributed by atoms with Crippen LogP contribution in [0.1, 0.15) is 17.6 Å². The van der Waals surface area contributed by atoms with Crippen LogP contribution in [0.15, 0.2) is 12.2 Å². The average molecular weight is 384 g/mol. The molecule has 0 saturated carbocycles. The quantitative estimate of drug-likeness (QED) is 0.238. The zero-order chi connectivity index (χ0) is 17.3. The first kappa shape index (κ1) is 22.0. The van der Waals surface area contributed by atoms with Crippen LogP contribution < -0.4 is 0 Å². The molecule has 0 bridgehead atoms. The maximum absolute atomic E-state index is 11.4. The smallest absolute Gasteiger partial charge is 0.462 e. The Morgan fingerprint density at radius 2 is 1.41 bits per heavy atom. The molecule has 0 spiro atoms. The molecule has 22 heavy (non-hydrogen) atoms. The summed E-state index contributed by atoms with van der Waals surface area (Å²) in [5.41, 5.74) is 0.422. The molecular weight excluding hydrogens is 348 g/mol. The van der Waals surface area contributed by atoms with Crippen LogP contribution in [0.5, 0.6) is 0 Å². The molecule has 0 heterocycles. The lowest BCUT2D eigenvalue weighted by molar-refractivity contribution is -0.138. The molecule has 0 aromatic rings. The number of carbonyl (C=O) groups is 1. The molecule has 0 atom stereocenters. The summed E-state index contributed by atoms with van der Waals surface area (Å²) in [4.78, 5) is 11.4. The third-order valence-electron chi connectivity index (χ3n) is 2.45. The zero-order valence-electron chi connectivity index (χ0n) is 18.1. The largest absolute Gasteiger partial charge is 1.00 e. The maximum atomic E-state index is 11.4. The fraction of sp³-hybridized carbons (Fsp3) is 0.769. The van der Waals surface area contributed by atoms with Crippen molar-refractivity contribution in [2.24, 2.45) is 0 Å². The van der Waals surface area contributed by atoms with Crippen molar-refractivity contribution in [2.75, 3.05) is 6.61 Å². The van der Waals surface area contributed by atoms with Gasteiger partial charge in [0.2, 0.25) is 0 Å². The summed E-state index contributed by atoms with van der Waals surface area (Å²) < 4.78 is 23.9. The number of ether oxygens (including phenoxy) is 1. The molecule has 0 aliphatic carbocycles. The van der Waals surface area contributed by atoms with Gasteiger partial charge in [-0.15, -0.1) is 0 Å². The van der Waals surface area contributed by atoms with Gasteiger partial charge in [0.05, 0.1) is 6.61 Å². The number of hydrogen-bond donors (Lipinski definition) is 0. The van der Waals surface area contributed by atoms with Crippen molar-refractivity contribution in [3.05, 3.63) is 12.2 Å². The van der Waals surface area contributed by atoms with E-state index >= 15 is 0 Å². The highest BCUT2D eigenvalue weighted by Gasteiger charge is 2.42. The minimum absolute atomic E-state index is 0. The molecule has 0 N–H and O–H groups in total. The van der Waals surface area contributed by atoms with E-state index in [2.05, 4.69) is 45.9 Å². The molecule has 0 aromatic heterocycles. The van der Waals surface area contributed by atoms with E-state index in [1.165, 1.54) is 0 Å². The molecule has 130 valence electrons. The molecule has 0 radical (unpaired) electrons. The summed E-state index contributed by atoms with van der Waals surface area (Å²) >= 11 is 0. The summed E-state index contributed by atoms with van der Waals surface area (Å²) in [6.07, 6.45) is 0.703. The van der Waals surface area contributed by atoms with Gasteiger partial charge >= 0.3 is 19.1 Å². The Morgan fingerprint density at radius 1 is 1.00 bits per heavy atom. The summed E-state index contributed by atoms with van der Waals surface area (Å²) in [7, 11) is -6.41. The Morgan fingerprint density at radius 3 is 1.73 bits per heavy atom. The van der Waals surface area contributed by atoms with Gasteiger partial charge in [0.1, 0.15) is 0 Å². The first-order chi connectivity index (χ1) is 10.1. The van der Waals surface area contributed by atoms with Gasteiger partial charge in [-0.05, 0) is 52.6 Å². The highest BCUT2D eigenvalue weighted by molar-refractivity contribution is 6.79. The Kier molecular flexibility index (Phi) is 10.7. The Labute approximate surface area is 146 Å². The molecule has 5 nitrogen and oxygen atoms in total. The molecule has 0 aliphatic rings. The van der Waals surface area contributed by atoms with Gasteiger partial charge in [0, 0.05) is 11.6 Å². The number of carbonyl (C=O) groups excluding carboxylic acids is 1. The molecule has 0 amide bonds. The lowest BCUT2D eigenvalue weighted by Crippen LogP contribution is -2.53. The maximum Gasteiger partial charge on any atom is 1.00 e. The van der Waals surface area contributed by atoms with Gasteiger partial charge in [0.25, 0.3) is 0 Å². The summed E-state index contributed by atoms with van der Waals surface area (Å²) in [5, 5.41) is 0. The highest BCUT2D eigenvalue weighted by atomic mass is 28.5. The van der Waals surface area contributed by atoms with E-state index in [1.807, 2.05) is 0 Å². The van der Waals surface area contributed by atoms with Crippen LogP contribution in [-0.4, -0.2) is 48.5 Å². The summed E-state index contributed by atoms with van der Waals surface area (Å²) in [6, 6.07) is 0.720. The van der Waals surface area contributed by atoms with E-state index in [9.17, 15) is 4.79 Å². The minimum atomic E-state index is -2.61. The lowest BCUT2D eigenvalue weighted by Gasteiger charge is -2.35. The second-order valence-electron chi connectivity index (χ2n) is 6.20. The molecule has 0 fully saturated rings. The van der Waals surface area contributed by atoms with E-state index < -0.39 is 35.9 Å². The van der Waals surface area contributed by atoms with E-state index in [1.54, 1.807) is 6.92 Å². The second-order valence-corrected chi connectivity index (χ2v) is 17.2. The Bertz CT molecular complexity index is 347. The Balaban J connectivity index is -0.000000735. The van der Waals surface area contributed by atoms with Crippen LogP contribution in [0.4, 0.5) is 0 Å². The van der Waals surface area contributed by atoms with Crippen LogP contribution in [0, 0.1) is 0 Å². The van der Waals surface area contributed by atoms with Gasteiger partial charge in [-0.25, -0.2) is 4.79 Å². The molecule has 0 aromatic carbocycles. The lowest BCUT2D eigenvalue weighted by atomic mass is 10.4. The third-order valence-corrected chi connectivity index (χ3v) is 13.4. The normalized spacial score (nSPS) is 12.3. The van der Waals surface area contributed by atoms with Gasteiger partial charge in [-0.2, -0.15) is 0 Å². The van der Waals surface area contributed by atoms with Gasteiger partial charge in [-0.3, -0.25) is 0 Å². The minimum Gasteiger partial charge on any atom is -0.462 e. The summed E-state index contributed by atoms with van der Waals surface area (Å²) in [5.74, 6) is -0.343. The first-order valence-corrected chi connectivity index (χ1v) is 18.2. The third kappa shape index (κ3) is 9.87. The Hall–Kier alpha value is -0.0425. The topological polar surface area (TPSA) is 54.0 Å². The molecular formula is C13H35O5Si4+3. The van der Waals surface area contributed by atoms with Crippen molar-refractivity contribution >= 4 is 41.9 Å². The van der Waals surface area contributed by atoms with Crippen LogP contribution >= 0.6 is 0 Å². The standard InChI is InChI=1S/C13H32O5Si4/c1-12(2)13(14)15-10-9-11-22(16-19(3)4,17-20(5)6)18-21(7)8/h19-21H,1,9-11H2,2-8H3/p+3. The fourth-order valence-corrected chi connectivity index (χ4v) is 14.7. The highest BCUT2D eigenvalue weighted by Crippen LogP contribution is 2.21. The van der Waals surface area contributed by atoms with Gasteiger partial charge in [-0.1, -0.05) is 6.58 Å². The fourth-order valence-electron chi connectivity index (χ4n) is 1.91. The first-order valence-electron chi connectivity index (χ1n) is 7.94. The van der Waals surface area contributed by atoms with Crippen LogP contribution in [0.2, 0.25) is 45.3 Å². The summed E-state index contributed by atoms with van der Waals surface area (Å²) in [6.45, 7) is 18.4. The molecule has 0 saturated heterocycles.